The summed E-state index contributed by atoms with van der Waals surface area (Å²) >= 11 is 0. The van der Waals surface area contributed by atoms with Gasteiger partial charge in [-0.1, -0.05) is 18.2 Å². The molecule has 1 heterocycles. The maximum Gasteiger partial charge on any atom is 0.573 e. The Hall–Kier alpha value is -2.78. The predicted octanol–water partition coefficient (Wildman–Crippen LogP) is 1.19. The van der Waals surface area contributed by atoms with E-state index in [1.807, 2.05) is 0 Å². The first-order valence-electron chi connectivity index (χ1n) is 8.27. The van der Waals surface area contributed by atoms with E-state index in [0.29, 0.717) is 6.42 Å². The summed E-state index contributed by atoms with van der Waals surface area (Å²) in [6, 6.07) is 5.47. The number of hydrogen-bond donors (Lipinski definition) is 2. The number of carbonyl (C=O) groups is 3. The highest BCUT2D eigenvalue weighted by molar-refractivity contribution is 5.87. The van der Waals surface area contributed by atoms with Gasteiger partial charge in [0.15, 0.2) is 0 Å². The molecule has 148 valence electrons. The molecule has 0 aromatic heterocycles. The van der Waals surface area contributed by atoms with Crippen molar-refractivity contribution in [3.63, 3.8) is 0 Å². The highest BCUT2D eigenvalue weighted by Crippen LogP contribution is 2.26. The minimum absolute atomic E-state index is 0.112. The van der Waals surface area contributed by atoms with Gasteiger partial charge in [-0.2, -0.15) is 0 Å². The minimum Gasteiger partial charge on any atom is -0.405 e. The summed E-state index contributed by atoms with van der Waals surface area (Å²) < 4.78 is 41.1. The number of nitrogens with zero attached hydrogens (tertiary/aromatic N) is 1. The Labute approximate surface area is 153 Å². The summed E-state index contributed by atoms with van der Waals surface area (Å²) in [7, 11) is 1.46. The quantitative estimate of drug-likeness (QED) is 0.768. The maximum absolute atomic E-state index is 12.4. The van der Waals surface area contributed by atoms with E-state index in [1.54, 1.807) is 0 Å². The van der Waals surface area contributed by atoms with Crippen LogP contribution < -0.4 is 15.4 Å². The van der Waals surface area contributed by atoms with Gasteiger partial charge in [0.1, 0.15) is 5.75 Å². The van der Waals surface area contributed by atoms with Gasteiger partial charge in [-0.25, -0.2) is 0 Å². The predicted molar refractivity (Wildman–Crippen MR) is 88.3 cm³/mol. The maximum atomic E-state index is 12.4. The Morgan fingerprint density at radius 1 is 1.33 bits per heavy atom. The highest BCUT2D eigenvalue weighted by atomic mass is 19.4. The molecule has 10 heteroatoms. The van der Waals surface area contributed by atoms with Crippen LogP contribution in [0.15, 0.2) is 24.3 Å². The average molecular weight is 387 g/mol. The van der Waals surface area contributed by atoms with Gasteiger partial charge in [0, 0.05) is 32.1 Å². The molecule has 0 saturated carbocycles. The molecule has 1 unspecified atom stereocenters. The molecule has 3 amide bonds. The first-order chi connectivity index (χ1) is 12.7. The number of alkyl halides is 3. The van der Waals surface area contributed by atoms with E-state index in [4.69, 9.17) is 0 Å². The van der Waals surface area contributed by atoms with Crippen LogP contribution in [0.5, 0.6) is 5.75 Å². The van der Waals surface area contributed by atoms with Crippen LogP contribution in [0.4, 0.5) is 13.2 Å². The van der Waals surface area contributed by atoms with Gasteiger partial charge < -0.3 is 20.3 Å². The fraction of sp³-hybridized carbons (Fsp3) is 0.471. The molecule has 7 nitrogen and oxygen atoms in total. The molecular formula is C17H20F3N3O4. The summed E-state index contributed by atoms with van der Waals surface area (Å²) in [6.45, 7) is -0.191. The molecule has 1 aromatic carbocycles. The molecule has 2 rings (SSSR count). The molecule has 1 atom stereocenters. The van der Waals surface area contributed by atoms with Crippen molar-refractivity contribution >= 4 is 17.7 Å². The molecule has 1 aliphatic rings. The van der Waals surface area contributed by atoms with Crippen LogP contribution in [0.1, 0.15) is 18.4 Å². The van der Waals surface area contributed by atoms with Crippen molar-refractivity contribution in [2.24, 2.45) is 5.92 Å². The van der Waals surface area contributed by atoms with Crippen LogP contribution in [-0.2, 0) is 20.9 Å². The Morgan fingerprint density at radius 2 is 2.04 bits per heavy atom. The van der Waals surface area contributed by atoms with E-state index in [2.05, 4.69) is 15.4 Å². The van der Waals surface area contributed by atoms with Gasteiger partial charge in [0.2, 0.25) is 17.7 Å². The van der Waals surface area contributed by atoms with E-state index in [1.165, 1.54) is 30.1 Å². The topological polar surface area (TPSA) is 87.7 Å². The van der Waals surface area contributed by atoms with Gasteiger partial charge in [0.25, 0.3) is 0 Å². The van der Waals surface area contributed by atoms with Gasteiger partial charge in [0.05, 0.1) is 12.5 Å². The van der Waals surface area contributed by atoms with E-state index in [0.717, 1.165) is 6.07 Å². The van der Waals surface area contributed by atoms with Crippen molar-refractivity contribution < 1.29 is 32.3 Å². The standard InChI is InChI=1S/C17H20F3N3O4/c1-23(16(26)12-6-7-14(24)21-9-12)10-15(25)22-8-11-4-2-3-5-13(11)27-17(18,19)20/h2-5,12H,6-10H2,1H3,(H,21,24)(H,22,25). The lowest BCUT2D eigenvalue weighted by atomic mass is 9.98. The number of likely N-dealkylation sites (N-methyl/N-ethyl adjacent to an activating group) is 1. The van der Waals surface area contributed by atoms with Crippen LogP contribution in [0.2, 0.25) is 0 Å². The van der Waals surface area contributed by atoms with E-state index < -0.39 is 18.0 Å². The van der Waals surface area contributed by atoms with E-state index in [-0.39, 0.29) is 49.4 Å². The number of amides is 3. The van der Waals surface area contributed by atoms with Crippen LogP contribution in [0.3, 0.4) is 0 Å². The first-order valence-corrected chi connectivity index (χ1v) is 8.27. The van der Waals surface area contributed by atoms with Crippen LogP contribution in [-0.4, -0.2) is 49.1 Å². The van der Waals surface area contributed by atoms with Crippen molar-refractivity contribution in [3.8, 4) is 5.75 Å². The second kappa shape index (κ2) is 8.74. The third kappa shape index (κ3) is 6.46. The number of piperidine rings is 1. The average Bonchev–Trinajstić information content (AvgIpc) is 2.59. The van der Waals surface area contributed by atoms with Gasteiger partial charge in [-0.05, 0) is 12.5 Å². The highest BCUT2D eigenvalue weighted by Gasteiger charge is 2.32. The molecule has 0 spiro atoms. The number of rotatable bonds is 6. The zero-order valence-electron chi connectivity index (χ0n) is 14.6. The molecule has 2 N–H and O–H groups in total. The summed E-state index contributed by atoms with van der Waals surface area (Å²) in [5.74, 6) is -1.69. The van der Waals surface area contributed by atoms with Crippen molar-refractivity contribution in [1.29, 1.82) is 0 Å². The number of halogens is 3. The smallest absolute Gasteiger partial charge is 0.405 e. The lowest BCUT2D eigenvalue weighted by Crippen LogP contribution is -2.46. The number of para-hydroxylation sites is 1. The normalized spacial score (nSPS) is 17.0. The molecule has 0 radical (unpaired) electrons. The molecule has 1 aliphatic heterocycles. The zero-order chi connectivity index (χ0) is 20.0. The first kappa shape index (κ1) is 20.5. The van der Waals surface area contributed by atoms with E-state index in [9.17, 15) is 27.6 Å². The van der Waals surface area contributed by atoms with Crippen molar-refractivity contribution in [3.05, 3.63) is 29.8 Å². The minimum atomic E-state index is -4.83. The van der Waals surface area contributed by atoms with Gasteiger partial charge in [-0.3, -0.25) is 14.4 Å². The monoisotopic (exact) mass is 387 g/mol. The lowest BCUT2D eigenvalue weighted by Gasteiger charge is -2.26. The summed E-state index contributed by atoms with van der Waals surface area (Å²) in [5, 5.41) is 5.07. The van der Waals surface area contributed by atoms with Crippen LogP contribution in [0.25, 0.3) is 0 Å². The summed E-state index contributed by atoms with van der Waals surface area (Å²) in [6.07, 6.45) is -4.16. The van der Waals surface area contributed by atoms with Gasteiger partial charge in [-0.15, -0.1) is 13.2 Å². The zero-order valence-corrected chi connectivity index (χ0v) is 14.6. The van der Waals surface area contributed by atoms with Gasteiger partial charge >= 0.3 is 6.36 Å². The van der Waals surface area contributed by atoms with Crippen LogP contribution >= 0.6 is 0 Å². The Balaban J connectivity index is 1.85. The fourth-order valence-corrected chi connectivity index (χ4v) is 2.67. The molecule has 0 bridgehead atoms. The Bertz CT molecular complexity index is 699. The third-order valence-electron chi connectivity index (χ3n) is 4.05. The van der Waals surface area contributed by atoms with E-state index >= 15 is 0 Å². The number of hydrogen-bond acceptors (Lipinski definition) is 4. The molecule has 1 aromatic rings. The van der Waals surface area contributed by atoms with Crippen molar-refractivity contribution in [1.82, 2.24) is 15.5 Å². The second-order valence-electron chi connectivity index (χ2n) is 6.17. The Kier molecular flexibility index (Phi) is 6.65. The molecule has 27 heavy (non-hydrogen) atoms. The summed E-state index contributed by atoms with van der Waals surface area (Å²) in [5.41, 5.74) is 0.159. The molecule has 1 saturated heterocycles. The Morgan fingerprint density at radius 3 is 2.67 bits per heavy atom. The second-order valence-corrected chi connectivity index (χ2v) is 6.17. The lowest BCUT2D eigenvalue weighted by molar-refractivity contribution is -0.274. The molecule has 0 aliphatic carbocycles. The number of carbonyl (C=O) groups excluding carboxylic acids is 3. The number of nitrogens with one attached hydrogen (secondary N) is 2. The number of benzene rings is 1. The fourth-order valence-electron chi connectivity index (χ4n) is 2.67. The molecule has 1 fully saturated rings. The summed E-state index contributed by atoms with van der Waals surface area (Å²) in [4.78, 5) is 36.7. The third-order valence-corrected chi connectivity index (χ3v) is 4.05. The van der Waals surface area contributed by atoms with Crippen molar-refractivity contribution in [2.75, 3.05) is 20.1 Å². The number of ether oxygens (including phenoxy) is 1. The largest absolute Gasteiger partial charge is 0.573 e. The van der Waals surface area contributed by atoms with Crippen molar-refractivity contribution in [2.45, 2.75) is 25.7 Å². The van der Waals surface area contributed by atoms with Crippen LogP contribution in [0, 0.1) is 5.92 Å². The SMILES string of the molecule is CN(CC(=O)NCc1ccccc1OC(F)(F)F)C(=O)C1CCC(=O)NC1. The molecular weight excluding hydrogens is 367 g/mol.